The van der Waals surface area contributed by atoms with Gasteiger partial charge in [-0.25, -0.2) is 13.2 Å². The average molecular weight is 655 g/mol. The largest absolute Gasteiger partial charge is 0.490 e. The van der Waals surface area contributed by atoms with Crippen molar-refractivity contribution >= 4 is 44.1 Å². The number of carbonyl (C=O) groups excluding carboxylic acids is 2. The van der Waals surface area contributed by atoms with Crippen LogP contribution in [0.5, 0.6) is 5.75 Å². The molecule has 12 heteroatoms. The smallest absolute Gasteiger partial charge is 0.321 e. The van der Waals surface area contributed by atoms with Gasteiger partial charge < -0.3 is 29.7 Å². The van der Waals surface area contributed by atoms with E-state index in [1.807, 2.05) is 56.3 Å². The molecule has 3 amide bonds. The second-order valence-corrected chi connectivity index (χ2v) is 14.0. The number of nitrogens with zero attached hydrogens (tertiary/aromatic N) is 2. The lowest BCUT2D eigenvalue weighted by molar-refractivity contribution is -0.0115. The number of carbonyl (C=O) groups is 2. The van der Waals surface area contributed by atoms with Gasteiger partial charge >= 0.3 is 6.03 Å². The third-order valence-corrected chi connectivity index (χ3v) is 8.79. The standard InChI is InChI=1S/C34H46N4O7S/c1-23-20-38(24(2)22-39)33(40)29-19-27(36-46(5,42)43)16-17-31(29)45-25(3)11-8-9-18-44-32(23)21-37(4)34(41)35-30-15-10-13-26-12-6-7-14-28(26)30/h6-7,10,12-17,19,23-25,32,36,39H,8-9,11,18,20-22H2,1-5H3,(H,35,41)/t23-,24-,25-,32-/m0/s1. The molecule has 46 heavy (non-hydrogen) atoms. The van der Waals surface area contributed by atoms with Crippen molar-refractivity contribution in [1.82, 2.24) is 9.80 Å². The molecule has 0 fully saturated rings. The normalized spacial score (nSPS) is 20.6. The summed E-state index contributed by atoms with van der Waals surface area (Å²) in [6, 6.07) is 17.4. The molecule has 250 valence electrons. The quantitative estimate of drug-likeness (QED) is 0.320. The number of urea groups is 1. The number of anilines is 2. The lowest BCUT2D eigenvalue weighted by atomic mass is 10.0. The van der Waals surface area contributed by atoms with Crippen molar-refractivity contribution in [2.24, 2.45) is 5.92 Å². The van der Waals surface area contributed by atoms with Gasteiger partial charge in [0.2, 0.25) is 10.0 Å². The Bertz CT molecular complexity index is 1610. The van der Waals surface area contributed by atoms with Crippen LogP contribution in [0.25, 0.3) is 10.8 Å². The molecule has 11 nitrogen and oxygen atoms in total. The SMILES string of the molecule is C[C@H]1CCCCO[C@@H](CN(C)C(=O)Nc2cccc3ccccc23)[C@@H](C)CN([C@@H](C)CO)C(=O)c2cc(NS(C)(=O)=O)ccc2O1. The molecule has 4 rings (SSSR count). The van der Waals surface area contributed by atoms with Crippen molar-refractivity contribution in [3.63, 3.8) is 0 Å². The molecule has 4 atom stereocenters. The van der Waals surface area contributed by atoms with Crippen molar-refractivity contribution in [1.29, 1.82) is 0 Å². The van der Waals surface area contributed by atoms with E-state index in [0.717, 1.165) is 29.9 Å². The summed E-state index contributed by atoms with van der Waals surface area (Å²) < 4.78 is 38.9. The molecule has 0 aromatic heterocycles. The monoisotopic (exact) mass is 654 g/mol. The van der Waals surface area contributed by atoms with Crippen LogP contribution < -0.4 is 14.8 Å². The van der Waals surface area contributed by atoms with Gasteiger partial charge in [0.1, 0.15) is 5.75 Å². The highest BCUT2D eigenvalue weighted by molar-refractivity contribution is 7.92. The summed E-state index contributed by atoms with van der Waals surface area (Å²) >= 11 is 0. The lowest BCUT2D eigenvalue weighted by Gasteiger charge is -2.35. The summed E-state index contributed by atoms with van der Waals surface area (Å²) in [7, 11) is -1.88. The van der Waals surface area contributed by atoms with Gasteiger partial charge in [0.15, 0.2) is 0 Å². The maximum atomic E-state index is 14.2. The van der Waals surface area contributed by atoms with Crippen molar-refractivity contribution < 1.29 is 32.6 Å². The maximum Gasteiger partial charge on any atom is 0.321 e. The van der Waals surface area contributed by atoms with Crippen LogP contribution in [0.3, 0.4) is 0 Å². The van der Waals surface area contributed by atoms with Crippen LogP contribution in [-0.4, -0.2) is 93.1 Å². The summed E-state index contributed by atoms with van der Waals surface area (Å²) in [5, 5.41) is 15.1. The molecule has 0 aliphatic carbocycles. The zero-order valence-corrected chi connectivity index (χ0v) is 28.0. The number of sulfonamides is 1. The zero-order chi connectivity index (χ0) is 33.4. The molecule has 1 heterocycles. The zero-order valence-electron chi connectivity index (χ0n) is 27.2. The first-order valence-corrected chi connectivity index (χ1v) is 17.6. The predicted molar refractivity (Wildman–Crippen MR) is 181 cm³/mol. The Balaban J connectivity index is 1.60. The van der Waals surface area contributed by atoms with Crippen molar-refractivity contribution in [2.45, 2.75) is 58.3 Å². The van der Waals surface area contributed by atoms with Crippen LogP contribution in [0.4, 0.5) is 16.2 Å². The number of ether oxygens (including phenoxy) is 2. The Morgan fingerprint density at radius 2 is 1.85 bits per heavy atom. The molecular formula is C34H46N4O7S. The number of likely N-dealkylation sites (N-methyl/N-ethyl adjacent to an activating group) is 1. The number of nitrogens with one attached hydrogen (secondary N) is 2. The molecule has 0 saturated heterocycles. The van der Waals surface area contributed by atoms with Crippen LogP contribution in [0.1, 0.15) is 50.4 Å². The van der Waals surface area contributed by atoms with Crippen LogP contribution in [-0.2, 0) is 14.8 Å². The Kier molecular flexibility index (Phi) is 11.9. The fourth-order valence-corrected chi connectivity index (χ4v) is 6.12. The molecule has 0 radical (unpaired) electrons. The first-order chi connectivity index (χ1) is 21.9. The molecule has 3 N–H and O–H groups in total. The first-order valence-electron chi connectivity index (χ1n) is 15.7. The van der Waals surface area contributed by atoms with E-state index in [2.05, 4.69) is 10.0 Å². The van der Waals surface area contributed by atoms with E-state index in [0.29, 0.717) is 24.5 Å². The van der Waals surface area contributed by atoms with E-state index < -0.39 is 28.1 Å². The minimum atomic E-state index is -3.59. The number of rotatable bonds is 7. The van der Waals surface area contributed by atoms with Gasteiger partial charge in [0.25, 0.3) is 5.91 Å². The molecule has 0 spiro atoms. The number of amides is 3. The number of aliphatic hydroxyl groups is 1. The van der Waals surface area contributed by atoms with Gasteiger partial charge in [-0.05, 0) is 62.8 Å². The predicted octanol–water partition coefficient (Wildman–Crippen LogP) is 5.17. The van der Waals surface area contributed by atoms with E-state index >= 15 is 0 Å². The number of hydrogen-bond donors (Lipinski definition) is 3. The van der Waals surface area contributed by atoms with Gasteiger partial charge in [-0.1, -0.05) is 43.3 Å². The second-order valence-electron chi connectivity index (χ2n) is 12.2. The van der Waals surface area contributed by atoms with E-state index in [1.54, 1.807) is 35.9 Å². The average Bonchev–Trinajstić information content (AvgIpc) is 3.01. The third-order valence-electron chi connectivity index (χ3n) is 8.19. The minimum absolute atomic E-state index is 0.189. The highest BCUT2D eigenvalue weighted by atomic mass is 32.2. The summed E-state index contributed by atoms with van der Waals surface area (Å²) in [4.78, 5) is 30.7. The summed E-state index contributed by atoms with van der Waals surface area (Å²) in [5.74, 6) is -0.311. The van der Waals surface area contributed by atoms with Crippen LogP contribution >= 0.6 is 0 Å². The molecule has 0 saturated carbocycles. The Morgan fingerprint density at radius 3 is 2.59 bits per heavy atom. The molecule has 1 aliphatic rings. The summed E-state index contributed by atoms with van der Waals surface area (Å²) in [6.45, 7) is 6.29. The number of benzene rings is 3. The highest BCUT2D eigenvalue weighted by Gasteiger charge is 2.31. The Labute approximate surface area is 271 Å². The molecule has 3 aromatic rings. The number of aliphatic hydroxyl groups excluding tert-OH is 1. The minimum Gasteiger partial charge on any atom is -0.490 e. The number of hydrogen-bond acceptors (Lipinski definition) is 7. The van der Waals surface area contributed by atoms with Crippen LogP contribution in [0, 0.1) is 5.92 Å². The molecule has 0 unspecified atom stereocenters. The van der Waals surface area contributed by atoms with E-state index in [4.69, 9.17) is 9.47 Å². The topological polar surface area (TPSA) is 138 Å². The molecule has 3 aromatic carbocycles. The van der Waals surface area contributed by atoms with Crippen LogP contribution in [0.15, 0.2) is 60.7 Å². The molecular weight excluding hydrogens is 608 g/mol. The first kappa shape index (κ1) is 35.0. The van der Waals surface area contributed by atoms with Crippen molar-refractivity contribution in [3.05, 3.63) is 66.2 Å². The second kappa shape index (κ2) is 15.6. The number of fused-ring (bicyclic) bond motifs is 2. The van der Waals surface area contributed by atoms with Crippen molar-refractivity contribution in [3.8, 4) is 5.75 Å². The van der Waals surface area contributed by atoms with Gasteiger partial charge in [0.05, 0.1) is 42.4 Å². The third kappa shape index (κ3) is 9.34. The highest BCUT2D eigenvalue weighted by Crippen LogP contribution is 2.29. The lowest BCUT2D eigenvalue weighted by Crippen LogP contribution is -2.48. The Hall–Kier alpha value is -3.87. The van der Waals surface area contributed by atoms with Crippen molar-refractivity contribution in [2.75, 3.05) is 49.6 Å². The fraction of sp³-hybridized carbons (Fsp3) is 0.471. The summed E-state index contributed by atoms with van der Waals surface area (Å²) in [6.07, 6.45) is 2.72. The van der Waals surface area contributed by atoms with E-state index in [9.17, 15) is 23.1 Å². The summed E-state index contributed by atoms with van der Waals surface area (Å²) in [5.41, 5.74) is 1.13. The van der Waals surface area contributed by atoms with Gasteiger partial charge in [-0.2, -0.15) is 0 Å². The van der Waals surface area contributed by atoms with E-state index in [1.165, 1.54) is 6.07 Å². The molecule has 1 aliphatic heterocycles. The fourth-order valence-electron chi connectivity index (χ4n) is 5.56. The Morgan fingerprint density at radius 1 is 1.11 bits per heavy atom. The van der Waals surface area contributed by atoms with Gasteiger partial charge in [-0.3, -0.25) is 9.52 Å². The van der Waals surface area contributed by atoms with Gasteiger partial charge in [0, 0.05) is 43.7 Å². The van der Waals surface area contributed by atoms with E-state index in [-0.39, 0.29) is 49.0 Å². The van der Waals surface area contributed by atoms with Crippen LogP contribution in [0.2, 0.25) is 0 Å². The maximum absolute atomic E-state index is 14.2. The molecule has 0 bridgehead atoms. The van der Waals surface area contributed by atoms with Gasteiger partial charge in [-0.15, -0.1) is 0 Å².